The van der Waals surface area contributed by atoms with Crippen molar-refractivity contribution in [1.82, 2.24) is 24.2 Å². The molecule has 1 N–H and O–H groups in total. The molecule has 0 bridgehead atoms. The van der Waals surface area contributed by atoms with E-state index in [4.69, 9.17) is 0 Å². The number of carbonyl (C=O) groups excluding carboxylic acids is 1. The number of sulfonamides is 1. The maximum atomic E-state index is 12.9. The molecule has 8 nitrogen and oxygen atoms in total. The van der Waals surface area contributed by atoms with Gasteiger partial charge in [-0.3, -0.25) is 9.20 Å². The van der Waals surface area contributed by atoms with E-state index in [1.54, 1.807) is 5.38 Å². The highest BCUT2D eigenvalue weighted by Crippen LogP contribution is 2.27. The molecule has 28 heavy (non-hydrogen) atoms. The summed E-state index contributed by atoms with van der Waals surface area (Å²) in [5, 5.41) is 12.7. The third-order valence-corrected chi connectivity index (χ3v) is 7.77. The summed E-state index contributed by atoms with van der Waals surface area (Å²) < 4.78 is 29.2. The fourth-order valence-electron chi connectivity index (χ4n) is 3.34. The van der Waals surface area contributed by atoms with Crippen molar-refractivity contribution in [2.24, 2.45) is 0 Å². The Morgan fingerprint density at radius 2 is 1.96 bits per heavy atom. The Bertz CT molecular complexity index is 1080. The van der Waals surface area contributed by atoms with E-state index >= 15 is 0 Å². The SMILES string of the molecule is O=C(NCCc1nnc2ccccn12)c1sccc1S(=O)(=O)N1CCCCC1. The summed E-state index contributed by atoms with van der Waals surface area (Å²) in [5.74, 6) is 0.364. The summed E-state index contributed by atoms with van der Waals surface area (Å²) in [5.41, 5.74) is 0.747. The minimum Gasteiger partial charge on any atom is -0.351 e. The molecule has 0 aromatic carbocycles. The summed E-state index contributed by atoms with van der Waals surface area (Å²) in [6.07, 6.45) is 5.13. The lowest BCUT2D eigenvalue weighted by atomic mass is 10.2. The van der Waals surface area contributed by atoms with Crippen LogP contribution in [0, 0.1) is 0 Å². The van der Waals surface area contributed by atoms with Crippen molar-refractivity contribution in [3.8, 4) is 0 Å². The molecule has 0 aliphatic carbocycles. The molecule has 1 fully saturated rings. The molecule has 148 valence electrons. The van der Waals surface area contributed by atoms with E-state index in [1.807, 2.05) is 28.8 Å². The Balaban J connectivity index is 1.44. The molecule has 4 heterocycles. The van der Waals surface area contributed by atoms with E-state index in [9.17, 15) is 13.2 Å². The quantitative estimate of drug-likeness (QED) is 0.659. The van der Waals surface area contributed by atoms with Crippen molar-refractivity contribution in [3.63, 3.8) is 0 Å². The van der Waals surface area contributed by atoms with Crippen molar-refractivity contribution in [2.45, 2.75) is 30.6 Å². The smallest absolute Gasteiger partial charge is 0.262 e. The van der Waals surface area contributed by atoms with E-state index in [-0.39, 0.29) is 15.7 Å². The molecule has 1 amide bonds. The molecule has 3 aromatic rings. The predicted molar refractivity (Wildman–Crippen MR) is 106 cm³/mol. The van der Waals surface area contributed by atoms with Gasteiger partial charge >= 0.3 is 0 Å². The van der Waals surface area contributed by atoms with Gasteiger partial charge in [0.1, 0.15) is 15.6 Å². The van der Waals surface area contributed by atoms with Crippen LogP contribution in [0.5, 0.6) is 0 Å². The first-order valence-corrected chi connectivity index (χ1v) is 11.5. The fourth-order valence-corrected chi connectivity index (χ4v) is 6.17. The number of piperidine rings is 1. The summed E-state index contributed by atoms with van der Waals surface area (Å²) in [6, 6.07) is 7.16. The number of fused-ring (bicyclic) bond motifs is 1. The minimum absolute atomic E-state index is 0.102. The van der Waals surface area contributed by atoms with Gasteiger partial charge in [-0.25, -0.2) is 8.42 Å². The molecule has 1 aliphatic heterocycles. The number of hydrogen-bond acceptors (Lipinski definition) is 6. The topological polar surface area (TPSA) is 96.7 Å². The second-order valence-corrected chi connectivity index (χ2v) is 9.45. The number of nitrogens with one attached hydrogen (secondary N) is 1. The zero-order valence-electron chi connectivity index (χ0n) is 15.2. The van der Waals surface area contributed by atoms with Gasteiger partial charge in [0.25, 0.3) is 5.91 Å². The summed E-state index contributed by atoms with van der Waals surface area (Å²) >= 11 is 1.15. The van der Waals surface area contributed by atoms with Gasteiger partial charge in [-0.1, -0.05) is 12.5 Å². The number of carbonyl (C=O) groups is 1. The van der Waals surface area contributed by atoms with Gasteiger partial charge in [-0.05, 0) is 36.4 Å². The lowest BCUT2D eigenvalue weighted by Gasteiger charge is -2.25. The van der Waals surface area contributed by atoms with E-state index < -0.39 is 10.0 Å². The van der Waals surface area contributed by atoms with Crippen LogP contribution in [0.25, 0.3) is 5.65 Å². The number of amides is 1. The van der Waals surface area contributed by atoms with Crippen LogP contribution in [0.15, 0.2) is 40.7 Å². The Morgan fingerprint density at radius 3 is 2.79 bits per heavy atom. The zero-order chi connectivity index (χ0) is 19.6. The van der Waals surface area contributed by atoms with Gasteiger partial charge in [0.05, 0.1) is 0 Å². The molecule has 10 heteroatoms. The zero-order valence-corrected chi connectivity index (χ0v) is 16.9. The van der Waals surface area contributed by atoms with Crippen molar-refractivity contribution >= 4 is 32.9 Å². The van der Waals surface area contributed by atoms with Crippen LogP contribution < -0.4 is 5.32 Å². The van der Waals surface area contributed by atoms with Gasteiger partial charge in [0.15, 0.2) is 5.65 Å². The van der Waals surface area contributed by atoms with Crippen LogP contribution in [-0.4, -0.2) is 52.9 Å². The van der Waals surface area contributed by atoms with Crippen LogP contribution >= 0.6 is 11.3 Å². The molecule has 0 radical (unpaired) electrons. The number of hydrogen-bond donors (Lipinski definition) is 1. The molecule has 0 unspecified atom stereocenters. The van der Waals surface area contributed by atoms with Gasteiger partial charge < -0.3 is 5.32 Å². The van der Waals surface area contributed by atoms with Gasteiger partial charge in [0.2, 0.25) is 10.0 Å². The molecule has 1 aliphatic rings. The Hall–Kier alpha value is -2.30. The molecular formula is C18H21N5O3S2. The van der Waals surface area contributed by atoms with Gasteiger partial charge in [-0.2, -0.15) is 4.31 Å². The van der Waals surface area contributed by atoms with E-state index in [0.717, 1.165) is 42.1 Å². The molecule has 0 saturated carbocycles. The van der Waals surface area contributed by atoms with Crippen molar-refractivity contribution in [1.29, 1.82) is 0 Å². The molecule has 0 spiro atoms. The molecular weight excluding hydrogens is 398 g/mol. The van der Waals surface area contributed by atoms with E-state index in [1.165, 1.54) is 10.4 Å². The van der Waals surface area contributed by atoms with Crippen LogP contribution in [0.4, 0.5) is 0 Å². The molecule has 1 saturated heterocycles. The van der Waals surface area contributed by atoms with Crippen LogP contribution in [0.2, 0.25) is 0 Å². The summed E-state index contributed by atoms with van der Waals surface area (Å²) in [6.45, 7) is 1.37. The number of aromatic nitrogens is 3. The Kier molecular flexibility index (Phi) is 5.42. The third-order valence-electron chi connectivity index (χ3n) is 4.79. The second-order valence-electron chi connectivity index (χ2n) is 6.63. The second kappa shape index (κ2) is 7.98. The number of rotatable bonds is 6. The predicted octanol–water partition coefficient (Wildman–Crippen LogP) is 1.94. The first kappa shape index (κ1) is 19.0. The monoisotopic (exact) mass is 419 g/mol. The summed E-state index contributed by atoms with van der Waals surface area (Å²) in [7, 11) is -3.63. The number of pyridine rings is 1. The van der Waals surface area contributed by atoms with Crippen LogP contribution in [-0.2, 0) is 16.4 Å². The highest BCUT2D eigenvalue weighted by Gasteiger charge is 2.30. The van der Waals surface area contributed by atoms with E-state index in [2.05, 4.69) is 15.5 Å². The average molecular weight is 420 g/mol. The first-order valence-electron chi connectivity index (χ1n) is 9.22. The fraction of sp³-hybridized carbons (Fsp3) is 0.389. The number of nitrogens with zero attached hydrogens (tertiary/aromatic N) is 4. The van der Waals surface area contributed by atoms with E-state index in [0.29, 0.717) is 26.1 Å². The van der Waals surface area contributed by atoms with Crippen LogP contribution in [0.1, 0.15) is 34.8 Å². The molecule has 0 atom stereocenters. The highest BCUT2D eigenvalue weighted by atomic mass is 32.2. The average Bonchev–Trinajstić information content (AvgIpc) is 3.37. The molecule has 4 rings (SSSR count). The van der Waals surface area contributed by atoms with Crippen molar-refractivity contribution in [3.05, 3.63) is 46.5 Å². The standard InChI is InChI=1S/C18H21N5O3S2/c24-18(19-9-7-16-21-20-15-6-2-5-12-23(15)16)17-14(8-13-27-17)28(25,26)22-10-3-1-4-11-22/h2,5-6,8,12-13H,1,3-4,7,9-11H2,(H,19,24). The van der Waals surface area contributed by atoms with Crippen LogP contribution in [0.3, 0.4) is 0 Å². The first-order chi connectivity index (χ1) is 13.6. The maximum Gasteiger partial charge on any atom is 0.262 e. The normalized spacial score (nSPS) is 15.7. The maximum absolute atomic E-state index is 12.9. The number of thiophene rings is 1. The molecule has 3 aromatic heterocycles. The Labute approximate surface area is 167 Å². The van der Waals surface area contributed by atoms with Crippen molar-refractivity contribution in [2.75, 3.05) is 19.6 Å². The van der Waals surface area contributed by atoms with Gasteiger partial charge in [0, 0.05) is 32.3 Å². The third kappa shape index (κ3) is 3.67. The highest BCUT2D eigenvalue weighted by molar-refractivity contribution is 7.89. The minimum atomic E-state index is -3.63. The van der Waals surface area contributed by atoms with Gasteiger partial charge in [-0.15, -0.1) is 21.5 Å². The lowest BCUT2D eigenvalue weighted by Crippen LogP contribution is -2.36. The Morgan fingerprint density at radius 1 is 1.14 bits per heavy atom. The van der Waals surface area contributed by atoms with Crippen molar-refractivity contribution < 1.29 is 13.2 Å². The lowest BCUT2D eigenvalue weighted by molar-refractivity contribution is 0.0955. The largest absolute Gasteiger partial charge is 0.351 e. The summed E-state index contributed by atoms with van der Waals surface area (Å²) in [4.78, 5) is 13.0.